The van der Waals surface area contributed by atoms with Crippen molar-refractivity contribution >= 4 is 0 Å². The molecule has 4 N–H and O–H groups in total. The van der Waals surface area contributed by atoms with Gasteiger partial charge in [0.25, 0.3) is 0 Å². The first-order valence-corrected chi connectivity index (χ1v) is 13.7. The van der Waals surface area contributed by atoms with E-state index < -0.39 is 29.3 Å². The molecule has 0 heterocycles. The molecule has 0 unspecified atom stereocenters. The van der Waals surface area contributed by atoms with Gasteiger partial charge in [-0.25, -0.2) is 0 Å². The fraction of sp³-hybridized carbons (Fsp3) is 0.867. The highest BCUT2D eigenvalue weighted by atomic mass is 16.3. The molecule has 4 heteroatoms. The zero-order chi connectivity index (χ0) is 25.5. The van der Waals surface area contributed by atoms with Crippen LogP contribution in [0.2, 0.25) is 0 Å². The first-order valence-electron chi connectivity index (χ1n) is 13.7. The van der Waals surface area contributed by atoms with E-state index in [-0.39, 0.29) is 34.0 Å². The zero-order valence-corrected chi connectivity index (χ0v) is 22.9. The van der Waals surface area contributed by atoms with Crippen LogP contribution < -0.4 is 0 Å². The average molecular weight is 475 g/mol. The maximum absolute atomic E-state index is 11.8. The van der Waals surface area contributed by atoms with E-state index in [1.54, 1.807) is 0 Å². The number of aliphatic hydroxyl groups is 4. The number of rotatable bonds is 4. The second-order valence-corrected chi connectivity index (χ2v) is 14.1. The van der Waals surface area contributed by atoms with Gasteiger partial charge >= 0.3 is 0 Å². The fourth-order valence-electron chi connectivity index (χ4n) is 9.55. The van der Waals surface area contributed by atoms with Gasteiger partial charge in [0, 0.05) is 10.8 Å². The molecule has 34 heavy (non-hydrogen) atoms. The van der Waals surface area contributed by atoms with Crippen LogP contribution in [0, 0.1) is 39.4 Å². The van der Waals surface area contributed by atoms with Crippen LogP contribution >= 0.6 is 0 Å². The Morgan fingerprint density at radius 3 is 2.32 bits per heavy atom. The van der Waals surface area contributed by atoms with Gasteiger partial charge in [-0.1, -0.05) is 57.9 Å². The summed E-state index contributed by atoms with van der Waals surface area (Å²) in [4.78, 5) is 0. The predicted octanol–water partition coefficient (Wildman–Crippen LogP) is 5.39. The number of allylic oxidation sites excluding steroid dienone is 2. The second-order valence-electron chi connectivity index (χ2n) is 14.1. The molecular weight excluding hydrogens is 424 g/mol. The van der Waals surface area contributed by atoms with Gasteiger partial charge in [0.2, 0.25) is 0 Å². The summed E-state index contributed by atoms with van der Waals surface area (Å²) in [6, 6.07) is 0. The van der Waals surface area contributed by atoms with E-state index in [2.05, 4.69) is 60.6 Å². The third-order valence-corrected chi connectivity index (χ3v) is 11.8. The topological polar surface area (TPSA) is 80.9 Å². The van der Waals surface area contributed by atoms with Crippen LogP contribution in [0.1, 0.15) is 100 Å². The molecule has 4 nitrogen and oxygen atoms in total. The first-order chi connectivity index (χ1) is 15.5. The van der Waals surface area contributed by atoms with E-state index in [9.17, 15) is 20.4 Å². The lowest BCUT2D eigenvalue weighted by Gasteiger charge is -2.68. The largest absolute Gasteiger partial charge is 0.393 e. The fourth-order valence-corrected chi connectivity index (χ4v) is 9.55. The Hall–Kier alpha value is -0.680. The Balaban J connectivity index is 1.75. The summed E-state index contributed by atoms with van der Waals surface area (Å²) in [6.07, 6.45) is 8.35. The first kappa shape index (κ1) is 26.4. The number of fused-ring (bicyclic) bond motifs is 5. The van der Waals surface area contributed by atoms with E-state index in [0.29, 0.717) is 12.8 Å². The zero-order valence-electron chi connectivity index (χ0n) is 22.9. The summed E-state index contributed by atoms with van der Waals surface area (Å²) in [5.74, 6) is 0.115. The van der Waals surface area contributed by atoms with Crippen molar-refractivity contribution in [3.05, 3.63) is 23.3 Å². The van der Waals surface area contributed by atoms with Crippen LogP contribution in [0.3, 0.4) is 0 Å². The maximum atomic E-state index is 11.8. The van der Waals surface area contributed by atoms with Crippen molar-refractivity contribution < 1.29 is 20.4 Å². The van der Waals surface area contributed by atoms with Crippen molar-refractivity contribution in [2.45, 2.75) is 124 Å². The van der Waals surface area contributed by atoms with Crippen LogP contribution in [-0.4, -0.2) is 44.3 Å². The molecule has 3 saturated carbocycles. The molecule has 0 spiro atoms. The smallest absolute Gasteiger partial charge is 0.0785 e. The van der Waals surface area contributed by atoms with Gasteiger partial charge in [-0.3, -0.25) is 0 Å². The lowest BCUT2D eigenvalue weighted by Crippen LogP contribution is -2.67. The van der Waals surface area contributed by atoms with Crippen LogP contribution in [0.25, 0.3) is 0 Å². The Labute approximate surface area is 207 Å². The van der Waals surface area contributed by atoms with Crippen LogP contribution in [0.15, 0.2) is 23.3 Å². The normalized spacial score (nSPS) is 49.2. The van der Waals surface area contributed by atoms with Gasteiger partial charge in [-0.15, -0.1) is 0 Å². The van der Waals surface area contributed by atoms with Crippen molar-refractivity contribution in [1.82, 2.24) is 0 Å². The summed E-state index contributed by atoms with van der Waals surface area (Å²) in [7, 11) is 0. The third-order valence-electron chi connectivity index (χ3n) is 11.8. The molecule has 0 amide bonds. The molecule has 4 rings (SSSR count). The van der Waals surface area contributed by atoms with E-state index in [4.69, 9.17) is 0 Å². The van der Waals surface area contributed by atoms with Crippen LogP contribution in [-0.2, 0) is 0 Å². The summed E-state index contributed by atoms with van der Waals surface area (Å²) in [5, 5.41) is 46.0. The molecule has 0 saturated heterocycles. The highest BCUT2D eigenvalue weighted by Gasteiger charge is 2.72. The minimum absolute atomic E-state index is 0.0193. The summed E-state index contributed by atoms with van der Waals surface area (Å²) < 4.78 is 0. The molecule has 10 atom stereocenters. The quantitative estimate of drug-likeness (QED) is 0.412. The van der Waals surface area contributed by atoms with Crippen molar-refractivity contribution in [3.63, 3.8) is 0 Å². The Morgan fingerprint density at radius 1 is 1.06 bits per heavy atom. The van der Waals surface area contributed by atoms with Gasteiger partial charge in [-0.05, 0) is 94.3 Å². The number of aliphatic hydroxyl groups excluding tert-OH is 3. The van der Waals surface area contributed by atoms with Crippen molar-refractivity contribution in [2.24, 2.45) is 39.4 Å². The molecule has 0 aromatic rings. The SMILES string of the molecule is CC(C)=CCC[C@](C)(O)[C@H]1CC[C@@]2(C)[C@H]1[C@H](O)C[C@H]1[C@@]2(C)[C@@H](O)C=C2C(C)(C)[C@@H](O)CC[C@@]21C. The lowest BCUT2D eigenvalue weighted by molar-refractivity contribution is -0.222. The number of hydrogen-bond donors (Lipinski definition) is 4. The van der Waals surface area contributed by atoms with Crippen LogP contribution in [0.4, 0.5) is 0 Å². The lowest BCUT2D eigenvalue weighted by atomic mass is 9.37. The van der Waals surface area contributed by atoms with Crippen LogP contribution in [0.5, 0.6) is 0 Å². The Morgan fingerprint density at radius 2 is 1.71 bits per heavy atom. The second kappa shape index (κ2) is 8.16. The average Bonchev–Trinajstić information content (AvgIpc) is 3.10. The van der Waals surface area contributed by atoms with Gasteiger partial charge < -0.3 is 20.4 Å². The molecular formula is C30H50O4. The molecule has 194 valence electrons. The monoisotopic (exact) mass is 474 g/mol. The van der Waals surface area contributed by atoms with Gasteiger partial charge in [0.05, 0.1) is 23.9 Å². The molecule has 4 aliphatic rings. The van der Waals surface area contributed by atoms with E-state index in [0.717, 1.165) is 32.1 Å². The molecule has 3 fully saturated rings. The summed E-state index contributed by atoms with van der Waals surface area (Å²) in [6.45, 7) is 17.2. The van der Waals surface area contributed by atoms with E-state index >= 15 is 0 Å². The third kappa shape index (κ3) is 3.45. The molecule has 0 aromatic heterocycles. The summed E-state index contributed by atoms with van der Waals surface area (Å²) in [5.41, 5.74) is 0.386. The Bertz CT molecular complexity index is 867. The Kier molecular flexibility index (Phi) is 6.33. The van der Waals surface area contributed by atoms with Crippen molar-refractivity contribution in [3.8, 4) is 0 Å². The van der Waals surface area contributed by atoms with Crippen molar-refractivity contribution in [2.75, 3.05) is 0 Å². The molecule has 0 aliphatic heterocycles. The number of hydrogen-bond acceptors (Lipinski definition) is 4. The van der Waals surface area contributed by atoms with Gasteiger partial charge in [0.15, 0.2) is 0 Å². The highest BCUT2D eigenvalue weighted by molar-refractivity contribution is 5.36. The maximum Gasteiger partial charge on any atom is 0.0785 e. The molecule has 0 radical (unpaired) electrons. The minimum atomic E-state index is -0.847. The van der Waals surface area contributed by atoms with Gasteiger partial charge in [-0.2, -0.15) is 0 Å². The van der Waals surface area contributed by atoms with Crippen molar-refractivity contribution in [1.29, 1.82) is 0 Å². The molecule has 0 aromatic carbocycles. The standard InChI is InChI=1S/C30H50O4/c1-18(2)10-9-13-29(7,34)19-11-15-28(6)25(19)20(31)16-22-27(5)14-12-23(32)26(3,4)21(27)17-24(33)30(22,28)8/h10,17,19-20,22-25,31-34H,9,11-16H2,1-8H3/t19-,20+,22+,23-,24-,25+,27-,28-,29-,30-/m0/s1. The molecule has 4 aliphatic carbocycles. The van der Waals surface area contributed by atoms with E-state index in [1.165, 1.54) is 11.1 Å². The highest BCUT2D eigenvalue weighted by Crippen LogP contribution is 2.74. The predicted molar refractivity (Wildman–Crippen MR) is 137 cm³/mol. The summed E-state index contributed by atoms with van der Waals surface area (Å²) >= 11 is 0. The van der Waals surface area contributed by atoms with E-state index in [1.807, 2.05) is 6.92 Å². The molecule has 0 bridgehead atoms. The minimum Gasteiger partial charge on any atom is -0.393 e. The van der Waals surface area contributed by atoms with Gasteiger partial charge in [0.1, 0.15) is 0 Å².